The standard InChI is InChI=1S/C5H6N5OS/c6-3(11)2-1-12-5(9-2)10-4(7)8/h1,6H,(H4,7,8,9,10). The SMILES string of the molecule is [NH]C(=O)c1csc(N=C(N)N)n1. The third kappa shape index (κ3) is 1.92. The lowest BCUT2D eigenvalue weighted by Crippen LogP contribution is -2.21. The highest BCUT2D eigenvalue weighted by Crippen LogP contribution is 2.17. The van der Waals surface area contributed by atoms with E-state index in [1.54, 1.807) is 0 Å². The van der Waals surface area contributed by atoms with Crippen LogP contribution >= 0.6 is 11.3 Å². The zero-order valence-corrected chi connectivity index (χ0v) is 6.76. The minimum atomic E-state index is -0.844. The minimum Gasteiger partial charge on any atom is -0.370 e. The van der Waals surface area contributed by atoms with Crippen molar-refractivity contribution >= 4 is 28.3 Å². The number of hydrogen-bond donors (Lipinski definition) is 2. The molecule has 5 N–H and O–H groups in total. The summed E-state index contributed by atoms with van der Waals surface area (Å²) in [5, 5.41) is 1.71. The average Bonchev–Trinajstić information content (AvgIpc) is 2.34. The molecule has 1 radical (unpaired) electrons. The fourth-order valence-electron chi connectivity index (χ4n) is 0.530. The van der Waals surface area contributed by atoms with Gasteiger partial charge in [0.05, 0.1) is 0 Å². The molecule has 1 aromatic heterocycles. The molecular formula is C5H6N5OS. The molecule has 0 unspecified atom stereocenters. The third-order valence-corrected chi connectivity index (χ3v) is 1.68. The molecule has 0 aromatic carbocycles. The Hall–Kier alpha value is -1.63. The van der Waals surface area contributed by atoms with E-state index in [-0.39, 0.29) is 16.8 Å². The molecule has 7 heteroatoms. The van der Waals surface area contributed by atoms with E-state index >= 15 is 0 Å². The van der Waals surface area contributed by atoms with E-state index in [2.05, 4.69) is 9.98 Å². The van der Waals surface area contributed by atoms with Crippen LogP contribution in [0.25, 0.3) is 0 Å². The summed E-state index contributed by atoms with van der Waals surface area (Å²) >= 11 is 1.11. The molecule has 0 bridgehead atoms. The maximum atomic E-state index is 10.4. The molecule has 0 saturated heterocycles. The normalized spacial score (nSPS) is 9.33. The van der Waals surface area contributed by atoms with Crippen LogP contribution in [-0.4, -0.2) is 16.9 Å². The summed E-state index contributed by atoms with van der Waals surface area (Å²) in [6.07, 6.45) is 0. The highest BCUT2D eigenvalue weighted by molar-refractivity contribution is 7.13. The number of nitrogens with one attached hydrogen (secondary N) is 1. The zero-order valence-electron chi connectivity index (χ0n) is 5.94. The van der Waals surface area contributed by atoms with Gasteiger partial charge >= 0.3 is 0 Å². The first-order valence-electron chi connectivity index (χ1n) is 2.90. The number of thiazole rings is 1. The molecule has 0 aliphatic heterocycles. The molecule has 1 amide bonds. The van der Waals surface area contributed by atoms with Crippen LogP contribution in [0.5, 0.6) is 0 Å². The molecule has 12 heavy (non-hydrogen) atoms. The lowest BCUT2D eigenvalue weighted by molar-refractivity contribution is 0.0988. The molecule has 6 nitrogen and oxygen atoms in total. The van der Waals surface area contributed by atoms with E-state index in [0.717, 1.165) is 11.3 Å². The summed E-state index contributed by atoms with van der Waals surface area (Å²) in [4.78, 5) is 17.7. The Balaban J connectivity index is 2.92. The topological polar surface area (TPSA) is 118 Å². The molecule has 1 heterocycles. The van der Waals surface area contributed by atoms with Gasteiger partial charge in [-0.15, -0.1) is 11.3 Å². The molecule has 0 spiro atoms. The van der Waals surface area contributed by atoms with E-state index in [0.29, 0.717) is 0 Å². The molecule has 0 fully saturated rings. The Labute approximate surface area is 72.1 Å². The molecule has 0 aliphatic rings. The number of hydrogen-bond acceptors (Lipinski definition) is 4. The van der Waals surface area contributed by atoms with Crippen molar-refractivity contribution in [3.05, 3.63) is 11.1 Å². The zero-order chi connectivity index (χ0) is 9.14. The predicted molar refractivity (Wildman–Crippen MR) is 45.0 cm³/mol. The number of carbonyl (C=O) groups excluding carboxylic acids is 1. The van der Waals surface area contributed by atoms with Gasteiger partial charge in [0, 0.05) is 5.38 Å². The summed E-state index contributed by atoms with van der Waals surface area (Å²) in [7, 11) is 0. The summed E-state index contributed by atoms with van der Waals surface area (Å²) in [5.74, 6) is -0.961. The van der Waals surface area contributed by atoms with Crippen molar-refractivity contribution in [3.8, 4) is 0 Å². The van der Waals surface area contributed by atoms with Gasteiger partial charge in [0.2, 0.25) is 5.13 Å². The van der Waals surface area contributed by atoms with Crippen molar-refractivity contribution in [1.29, 1.82) is 0 Å². The van der Waals surface area contributed by atoms with Crippen LogP contribution in [-0.2, 0) is 0 Å². The monoisotopic (exact) mass is 184 g/mol. The van der Waals surface area contributed by atoms with E-state index in [1.165, 1.54) is 5.38 Å². The van der Waals surface area contributed by atoms with Crippen LogP contribution in [0.15, 0.2) is 10.4 Å². The number of guanidine groups is 1. The summed E-state index contributed by atoms with van der Waals surface area (Å²) in [6.45, 7) is 0. The second-order valence-corrected chi connectivity index (χ2v) is 2.72. The smallest absolute Gasteiger partial charge is 0.289 e. The predicted octanol–water partition coefficient (Wildman–Crippen LogP) is -0.529. The van der Waals surface area contributed by atoms with Crippen molar-refractivity contribution in [2.75, 3.05) is 0 Å². The van der Waals surface area contributed by atoms with E-state index in [9.17, 15) is 4.79 Å². The van der Waals surface area contributed by atoms with Gasteiger partial charge < -0.3 is 11.5 Å². The first-order chi connectivity index (χ1) is 5.59. The van der Waals surface area contributed by atoms with Crippen LogP contribution in [0.4, 0.5) is 5.13 Å². The number of amides is 1. The van der Waals surface area contributed by atoms with Gasteiger partial charge in [-0.1, -0.05) is 0 Å². The molecule has 1 aromatic rings. The number of rotatable bonds is 2. The van der Waals surface area contributed by atoms with Crippen molar-refractivity contribution < 1.29 is 4.79 Å². The van der Waals surface area contributed by atoms with Crippen molar-refractivity contribution in [1.82, 2.24) is 10.7 Å². The third-order valence-electron chi connectivity index (χ3n) is 0.949. The summed E-state index contributed by atoms with van der Waals surface area (Å²) in [6, 6.07) is 0. The molecule has 1 rings (SSSR count). The van der Waals surface area contributed by atoms with Gasteiger partial charge in [-0.25, -0.2) is 4.98 Å². The van der Waals surface area contributed by atoms with Crippen LogP contribution in [0.2, 0.25) is 0 Å². The Kier molecular flexibility index (Phi) is 2.24. The maximum Gasteiger partial charge on any atom is 0.289 e. The highest BCUT2D eigenvalue weighted by Gasteiger charge is 2.06. The van der Waals surface area contributed by atoms with Gasteiger partial charge in [0.1, 0.15) is 5.69 Å². The average molecular weight is 184 g/mol. The van der Waals surface area contributed by atoms with Gasteiger partial charge in [-0.2, -0.15) is 4.99 Å². The minimum absolute atomic E-state index is 0.0556. The van der Waals surface area contributed by atoms with Crippen LogP contribution in [0, 0.1) is 0 Å². The lowest BCUT2D eigenvalue weighted by atomic mass is 10.5. The van der Waals surface area contributed by atoms with Crippen molar-refractivity contribution in [2.24, 2.45) is 16.5 Å². The number of aromatic nitrogens is 1. The Bertz CT molecular complexity index is 326. The first kappa shape index (κ1) is 8.47. The lowest BCUT2D eigenvalue weighted by Gasteiger charge is -1.85. The van der Waals surface area contributed by atoms with E-state index < -0.39 is 5.91 Å². The number of aliphatic imine (C=N–C) groups is 1. The quantitative estimate of drug-likeness (QED) is 0.474. The second-order valence-electron chi connectivity index (χ2n) is 1.88. The molecule has 0 saturated carbocycles. The van der Waals surface area contributed by atoms with Gasteiger partial charge in [0.15, 0.2) is 5.96 Å². The molecule has 63 valence electrons. The van der Waals surface area contributed by atoms with Crippen molar-refractivity contribution in [2.45, 2.75) is 0 Å². The largest absolute Gasteiger partial charge is 0.370 e. The summed E-state index contributed by atoms with van der Waals surface area (Å²) < 4.78 is 0. The molecule has 0 aliphatic carbocycles. The Morgan fingerprint density at radius 2 is 2.33 bits per heavy atom. The van der Waals surface area contributed by atoms with E-state index in [1.807, 2.05) is 0 Å². The fraction of sp³-hybridized carbons (Fsp3) is 0. The fourth-order valence-corrected chi connectivity index (χ4v) is 1.22. The highest BCUT2D eigenvalue weighted by atomic mass is 32.1. The van der Waals surface area contributed by atoms with Gasteiger partial charge in [0.25, 0.3) is 5.91 Å². The summed E-state index contributed by atoms with van der Waals surface area (Å²) in [5.41, 5.74) is 16.9. The molecular weight excluding hydrogens is 178 g/mol. The van der Waals surface area contributed by atoms with Gasteiger partial charge in [-0.3, -0.25) is 10.5 Å². The number of nitrogens with two attached hydrogens (primary N) is 2. The maximum absolute atomic E-state index is 10.4. The van der Waals surface area contributed by atoms with Crippen LogP contribution in [0.3, 0.4) is 0 Å². The number of carbonyl (C=O) groups is 1. The van der Waals surface area contributed by atoms with Crippen molar-refractivity contribution in [3.63, 3.8) is 0 Å². The van der Waals surface area contributed by atoms with Gasteiger partial charge in [-0.05, 0) is 0 Å². The second kappa shape index (κ2) is 3.18. The van der Waals surface area contributed by atoms with E-state index in [4.69, 9.17) is 17.2 Å². The Morgan fingerprint density at radius 3 is 2.75 bits per heavy atom. The van der Waals surface area contributed by atoms with Crippen LogP contribution < -0.4 is 17.2 Å². The molecule has 0 atom stereocenters. The Morgan fingerprint density at radius 1 is 1.67 bits per heavy atom. The van der Waals surface area contributed by atoms with Crippen LogP contribution in [0.1, 0.15) is 10.5 Å². The number of nitrogens with zero attached hydrogens (tertiary/aromatic N) is 2. The first-order valence-corrected chi connectivity index (χ1v) is 3.78.